The van der Waals surface area contributed by atoms with Gasteiger partial charge in [0.05, 0.1) is 26.6 Å². The minimum absolute atomic E-state index is 0.838. The van der Waals surface area contributed by atoms with Crippen molar-refractivity contribution in [2.45, 2.75) is 6.92 Å². The van der Waals surface area contributed by atoms with Crippen molar-refractivity contribution >= 4 is 44.7 Å². The molecule has 0 aliphatic carbocycles. The summed E-state index contributed by atoms with van der Waals surface area (Å²) in [6, 6.07) is 4.12. The van der Waals surface area contributed by atoms with E-state index in [1.807, 2.05) is 24.8 Å². The third kappa shape index (κ3) is 2.66. The number of thiazole rings is 1. The molecular formula is C12H17N3S2. The molecule has 92 valence electrons. The molecule has 17 heavy (non-hydrogen) atoms. The van der Waals surface area contributed by atoms with E-state index < -0.39 is 0 Å². The van der Waals surface area contributed by atoms with Crippen LogP contribution < -0.4 is 10.6 Å². The number of thioether (sulfide) groups is 1. The predicted molar refractivity (Wildman–Crippen MR) is 80.4 cm³/mol. The monoisotopic (exact) mass is 267 g/mol. The zero-order valence-electron chi connectivity index (χ0n) is 10.4. The van der Waals surface area contributed by atoms with Crippen LogP contribution >= 0.6 is 23.1 Å². The normalized spacial score (nSPS) is 11.0. The number of benzene rings is 1. The van der Waals surface area contributed by atoms with Gasteiger partial charge in [0.25, 0.3) is 0 Å². The van der Waals surface area contributed by atoms with Gasteiger partial charge in [0.1, 0.15) is 0 Å². The number of nitrogen functional groups attached to an aromatic ring is 1. The van der Waals surface area contributed by atoms with Crippen molar-refractivity contribution in [2.24, 2.45) is 0 Å². The van der Waals surface area contributed by atoms with Gasteiger partial charge < -0.3 is 10.6 Å². The number of nitrogens with two attached hydrogens (primary N) is 1. The first-order valence-electron chi connectivity index (χ1n) is 5.48. The molecule has 2 N–H and O–H groups in total. The van der Waals surface area contributed by atoms with E-state index in [2.05, 4.69) is 29.3 Å². The summed E-state index contributed by atoms with van der Waals surface area (Å²) >= 11 is 3.53. The smallest absolute Gasteiger partial charge is 0.0907 e. The van der Waals surface area contributed by atoms with E-state index >= 15 is 0 Å². The number of rotatable bonds is 4. The van der Waals surface area contributed by atoms with Crippen molar-refractivity contribution in [3.05, 3.63) is 17.1 Å². The lowest BCUT2D eigenvalue weighted by atomic mass is 10.2. The maximum atomic E-state index is 6.10. The lowest BCUT2D eigenvalue weighted by Gasteiger charge is -2.20. The van der Waals surface area contributed by atoms with Gasteiger partial charge in [-0.3, -0.25) is 0 Å². The summed E-state index contributed by atoms with van der Waals surface area (Å²) in [5.41, 5.74) is 9.07. The van der Waals surface area contributed by atoms with Crippen LogP contribution in [0.3, 0.4) is 0 Å². The van der Waals surface area contributed by atoms with Crippen LogP contribution in [-0.2, 0) is 0 Å². The van der Waals surface area contributed by atoms with Gasteiger partial charge in [-0.1, -0.05) is 0 Å². The molecule has 0 saturated heterocycles. The van der Waals surface area contributed by atoms with Gasteiger partial charge in [0, 0.05) is 19.3 Å². The van der Waals surface area contributed by atoms with Crippen LogP contribution in [-0.4, -0.2) is 30.6 Å². The van der Waals surface area contributed by atoms with Crippen LogP contribution in [0.2, 0.25) is 0 Å². The fourth-order valence-corrected chi connectivity index (χ4v) is 3.09. The zero-order chi connectivity index (χ0) is 12.4. The quantitative estimate of drug-likeness (QED) is 0.865. The first kappa shape index (κ1) is 12.5. The Labute approximate surface area is 110 Å². The van der Waals surface area contributed by atoms with Gasteiger partial charge in [0.15, 0.2) is 0 Å². The lowest BCUT2D eigenvalue weighted by Crippen LogP contribution is -2.21. The number of nitrogens with zero attached hydrogens (tertiary/aromatic N) is 2. The van der Waals surface area contributed by atoms with E-state index in [-0.39, 0.29) is 0 Å². The molecule has 0 fully saturated rings. The van der Waals surface area contributed by atoms with Gasteiger partial charge in [-0.15, -0.1) is 11.3 Å². The minimum Gasteiger partial charge on any atom is -0.397 e. The lowest BCUT2D eigenvalue weighted by molar-refractivity contribution is 0.981. The van der Waals surface area contributed by atoms with Crippen molar-refractivity contribution in [2.75, 3.05) is 36.2 Å². The van der Waals surface area contributed by atoms with E-state index in [1.165, 1.54) is 4.70 Å². The second-order valence-corrected chi connectivity index (χ2v) is 6.25. The van der Waals surface area contributed by atoms with Crippen LogP contribution in [0.4, 0.5) is 11.4 Å². The topological polar surface area (TPSA) is 42.2 Å². The number of aromatic nitrogens is 1. The third-order valence-corrected chi connectivity index (χ3v) is 4.21. The molecule has 0 bridgehead atoms. The molecule has 1 aromatic heterocycles. The molecule has 5 heteroatoms. The highest BCUT2D eigenvalue weighted by molar-refractivity contribution is 7.98. The Kier molecular flexibility index (Phi) is 3.79. The Bertz CT molecular complexity index is 522. The highest BCUT2D eigenvalue weighted by Gasteiger charge is 2.09. The number of hydrogen-bond donors (Lipinski definition) is 1. The number of fused-ring (bicyclic) bond motifs is 1. The maximum absolute atomic E-state index is 6.10. The number of anilines is 2. The summed E-state index contributed by atoms with van der Waals surface area (Å²) in [5.74, 6) is 1.10. The fourth-order valence-electron chi connectivity index (χ4n) is 1.77. The fraction of sp³-hybridized carbons (Fsp3) is 0.417. The van der Waals surface area contributed by atoms with Crippen molar-refractivity contribution in [3.8, 4) is 0 Å². The van der Waals surface area contributed by atoms with Crippen LogP contribution in [0.1, 0.15) is 5.01 Å². The summed E-state index contributed by atoms with van der Waals surface area (Å²) in [4.78, 5) is 6.70. The van der Waals surface area contributed by atoms with Crippen LogP contribution in [0.15, 0.2) is 12.1 Å². The largest absolute Gasteiger partial charge is 0.397 e. The summed E-state index contributed by atoms with van der Waals surface area (Å²) in [6.45, 7) is 3.03. The van der Waals surface area contributed by atoms with Gasteiger partial charge in [-0.25, -0.2) is 4.98 Å². The Morgan fingerprint density at radius 3 is 2.94 bits per heavy atom. The average Bonchev–Trinajstić information content (AvgIpc) is 2.64. The number of hydrogen-bond acceptors (Lipinski definition) is 5. The molecule has 0 spiro atoms. The number of aryl methyl sites for hydroxylation is 1. The second kappa shape index (κ2) is 5.14. The molecule has 0 radical (unpaired) electrons. The van der Waals surface area contributed by atoms with Crippen molar-refractivity contribution in [3.63, 3.8) is 0 Å². The van der Waals surface area contributed by atoms with Crippen molar-refractivity contribution < 1.29 is 0 Å². The minimum atomic E-state index is 0.838. The van der Waals surface area contributed by atoms with E-state index in [4.69, 9.17) is 5.73 Å². The van der Waals surface area contributed by atoms with E-state index in [1.54, 1.807) is 11.3 Å². The Hall–Kier alpha value is -0.940. The summed E-state index contributed by atoms with van der Waals surface area (Å²) < 4.78 is 1.17. The zero-order valence-corrected chi connectivity index (χ0v) is 12.0. The highest BCUT2D eigenvalue weighted by Crippen LogP contribution is 2.31. The molecule has 2 aromatic rings. The summed E-state index contributed by atoms with van der Waals surface area (Å²) in [5, 5.41) is 1.09. The Morgan fingerprint density at radius 1 is 1.47 bits per heavy atom. The average molecular weight is 267 g/mol. The van der Waals surface area contributed by atoms with Crippen molar-refractivity contribution in [1.29, 1.82) is 0 Å². The molecule has 2 rings (SSSR count). The molecular weight excluding hydrogens is 250 g/mol. The van der Waals surface area contributed by atoms with Crippen LogP contribution in [0.25, 0.3) is 10.2 Å². The Morgan fingerprint density at radius 2 is 2.24 bits per heavy atom. The Balaban J connectivity index is 2.36. The van der Waals surface area contributed by atoms with E-state index in [9.17, 15) is 0 Å². The second-order valence-electron chi connectivity index (χ2n) is 4.03. The first-order chi connectivity index (χ1) is 8.11. The molecule has 1 heterocycles. The highest BCUT2D eigenvalue weighted by atomic mass is 32.2. The SMILES string of the molecule is CSCCN(C)c1cc2nc(C)sc2cc1N. The predicted octanol–water partition coefficient (Wildman–Crippen LogP) is 2.99. The van der Waals surface area contributed by atoms with Crippen molar-refractivity contribution in [1.82, 2.24) is 4.98 Å². The molecule has 0 aliphatic rings. The van der Waals surface area contributed by atoms with E-state index in [0.29, 0.717) is 0 Å². The molecule has 0 amide bonds. The molecule has 0 aliphatic heterocycles. The maximum Gasteiger partial charge on any atom is 0.0907 e. The molecule has 0 unspecified atom stereocenters. The molecule has 3 nitrogen and oxygen atoms in total. The molecule has 0 saturated carbocycles. The van der Waals surface area contributed by atoms with Crippen LogP contribution in [0, 0.1) is 6.92 Å². The summed E-state index contributed by atoms with van der Waals surface area (Å²) in [7, 11) is 2.08. The van der Waals surface area contributed by atoms with Crippen LogP contribution in [0.5, 0.6) is 0 Å². The standard InChI is InChI=1S/C12H17N3S2/c1-8-14-10-7-11(15(2)4-5-16-3)9(13)6-12(10)17-8/h6-7H,4-5,13H2,1-3H3. The molecule has 1 aromatic carbocycles. The van der Waals surface area contributed by atoms with Gasteiger partial charge in [-0.2, -0.15) is 11.8 Å². The summed E-state index contributed by atoms with van der Waals surface area (Å²) in [6.07, 6.45) is 2.12. The van der Waals surface area contributed by atoms with Gasteiger partial charge in [0.2, 0.25) is 0 Å². The third-order valence-electron chi connectivity index (χ3n) is 2.69. The van der Waals surface area contributed by atoms with Gasteiger partial charge >= 0.3 is 0 Å². The first-order valence-corrected chi connectivity index (χ1v) is 7.69. The molecule has 0 atom stereocenters. The van der Waals surface area contributed by atoms with E-state index in [0.717, 1.165) is 34.2 Å². The van der Waals surface area contributed by atoms with Gasteiger partial charge in [-0.05, 0) is 25.3 Å².